The van der Waals surface area contributed by atoms with E-state index in [-0.39, 0.29) is 0 Å². The van der Waals surface area contributed by atoms with E-state index in [1.54, 1.807) is 0 Å². The van der Waals surface area contributed by atoms with Crippen LogP contribution >= 0.6 is 11.6 Å². The fourth-order valence-electron chi connectivity index (χ4n) is 2.18. The van der Waals surface area contributed by atoms with E-state index in [1.807, 2.05) is 16.8 Å². The highest BCUT2D eigenvalue weighted by atomic mass is 35.5. The number of rotatable bonds is 7. The van der Waals surface area contributed by atoms with Gasteiger partial charge in [-0.3, -0.25) is 4.68 Å². The van der Waals surface area contributed by atoms with Gasteiger partial charge in [0.2, 0.25) is 0 Å². The van der Waals surface area contributed by atoms with Crippen molar-refractivity contribution in [3.63, 3.8) is 0 Å². The van der Waals surface area contributed by atoms with Crippen LogP contribution in [0.2, 0.25) is 5.02 Å². The molecule has 0 unspecified atom stereocenters. The number of aromatic nitrogens is 2. The summed E-state index contributed by atoms with van der Waals surface area (Å²) in [5.74, 6) is 0. The molecule has 0 amide bonds. The summed E-state index contributed by atoms with van der Waals surface area (Å²) in [7, 11) is 0. The predicted molar refractivity (Wildman–Crippen MR) is 80.6 cm³/mol. The molecule has 2 nitrogen and oxygen atoms in total. The first-order valence-corrected chi connectivity index (χ1v) is 7.42. The van der Waals surface area contributed by atoms with Crippen LogP contribution in [0, 0.1) is 0 Å². The van der Waals surface area contributed by atoms with Crippen molar-refractivity contribution in [2.24, 2.45) is 0 Å². The Morgan fingerprint density at radius 1 is 1.05 bits per heavy atom. The number of unbranched alkanes of at least 4 members (excludes halogenated alkanes) is 1. The average molecular weight is 277 g/mol. The lowest BCUT2D eigenvalue weighted by Gasteiger charge is -2.01. The first kappa shape index (κ1) is 14.1. The third kappa shape index (κ3) is 4.71. The smallest absolute Gasteiger partial charge is 0.0624 e. The monoisotopic (exact) mass is 276 g/mol. The lowest BCUT2D eigenvalue weighted by molar-refractivity contribution is 0.589. The van der Waals surface area contributed by atoms with Crippen molar-refractivity contribution in [2.75, 3.05) is 0 Å². The zero-order chi connectivity index (χ0) is 13.5. The van der Waals surface area contributed by atoms with Gasteiger partial charge in [-0.15, -0.1) is 0 Å². The molecule has 0 radical (unpaired) electrons. The van der Waals surface area contributed by atoms with Gasteiger partial charge < -0.3 is 0 Å². The van der Waals surface area contributed by atoms with Crippen molar-refractivity contribution in [2.45, 2.75) is 45.6 Å². The Kier molecular flexibility index (Phi) is 5.46. The first-order chi connectivity index (χ1) is 9.28. The topological polar surface area (TPSA) is 17.8 Å². The molecule has 0 aliphatic heterocycles. The largest absolute Gasteiger partial charge is 0.273 e. The maximum atomic E-state index is 5.87. The number of aryl methyl sites for hydroxylation is 3. The van der Waals surface area contributed by atoms with Gasteiger partial charge in [0.25, 0.3) is 0 Å². The molecule has 0 aliphatic rings. The van der Waals surface area contributed by atoms with Gasteiger partial charge in [-0.2, -0.15) is 5.10 Å². The van der Waals surface area contributed by atoms with Crippen LogP contribution in [0.25, 0.3) is 0 Å². The number of hydrogen-bond donors (Lipinski definition) is 0. The van der Waals surface area contributed by atoms with E-state index in [4.69, 9.17) is 11.6 Å². The molecule has 3 heteroatoms. The molecule has 1 heterocycles. The maximum Gasteiger partial charge on any atom is 0.0624 e. The zero-order valence-electron chi connectivity index (χ0n) is 11.5. The van der Waals surface area contributed by atoms with E-state index in [0.29, 0.717) is 0 Å². The maximum absolute atomic E-state index is 5.87. The van der Waals surface area contributed by atoms with Crippen molar-refractivity contribution < 1.29 is 0 Å². The predicted octanol–water partition coefficient (Wildman–Crippen LogP) is 4.51. The van der Waals surface area contributed by atoms with Crippen molar-refractivity contribution in [3.05, 3.63) is 52.8 Å². The Bertz CT molecular complexity index is 488. The summed E-state index contributed by atoms with van der Waals surface area (Å²) in [6.45, 7) is 3.19. The van der Waals surface area contributed by atoms with E-state index in [0.717, 1.165) is 30.8 Å². The molecular weight excluding hydrogens is 256 g/mol. The highest BCUT2D eigenvalue weighted by molar-refractivity contribution is 6.30. The Morgan fingerprint density at radius 3 is 2.53 bits per heavy atom. The second kappa shape index (κ2) is 7.34. The molecule has 0 spiro atoms. The molecule has 0 fully saturated rings. The van der Waals surface area contributed by atoms with E-state index in [2.05, 4.69) is 36.4 Å². The number of hydrogen-bond acceptors (Lipinski definition) is 1. The van der Waals surface area contributed by atoms with Crippen LogP contribution in [-0.2, 0) is 19.4 Å². The van der Waals surface area contributed by atoms with Gasteiger partial charge in [0.15, 0.2) is 0 Å². The molecule has 0 aliphatic carbocycles. The average Bonchev–Trinajstić information content (AvgIpc) is 2.85. The third-order valence-corrected chi connectivity index (χ3v) is 3.46. The second-order valence-electron chi connectivity index (χ2n) is 4.90. The Labute approximate surface area is 120 Å². The molecule has 0 atom stereocenters. The van der Waals surface area contributed by atoms with E-state index >= 15 is 0 Å². The summed E-state index contributed by atoms with van der Waals surface area (Å²) in [6, 6.07) is 10.3. The standard InChI is InChI=1S/C16H21ClN2/c1-2-12-19-13-11-16(18-19)6-4-3-5-14-7-9-15(17)10-8-14/h7-11,13H,2-6,12H2,1H3. The van der Waals surface area contributed by atoms with E-state index in [9.17, 15) is 0 Å². The molecule has 1 aromatic carbocycles. The number of benzene rings is 1. The van der Waals surface area contributed by atoms with Gasteiger partial charge >= 0.3 is 0 Å². The van der Waals surface area contributed by atoms with Crippen LogP contribution in [0.1, 0.15) is 37.4 Å². The van der Waals surface area contributed by atoms with Crippen LogP contribution in [-0.4, -0.2) is 9.78 Å². The summed E-state index contributed by atoms with van der Waals surface area (Å²) < 4.78 is 2.04. The van der Waals surface area contributed by atoms with E-state index in [1.165, 1.54) is 24.1 Å². The highest BCUT2D eigenvalue weighted by Crippen LogP contribution is 2.12. The first-order valence-electron chi connectivity index (χ1n) is 7.04. The van der Waals surface area contributed by atoms with Crippen molar-refractivity contribution in [1.82, 2.24) is 9.78 Å². The highest BCUT2D eigenvalue weighted by Gasteiger charge is 1.99. The van der Waals surface area contributed by atoms with Gasteiger partial charge in [-0.05, 0) is 55.9 Å². The summed E-state index contributed by atoms with van der Waals surface area (Å²) in [5, 5.41) is 5.37. The van der Waals surface area contributed by atoms with Gasteiger partial charge in [0.05, 0.1) is 5.69 Å². The fourth-order valence-corrected chi connectivity index (χ4v) is 2.30. The summed E-state index contributed by atoms with van der Waals surface area (Å²) in [6.07, 6.45) is 7.79. The summed E-state index contributed by atoms with van der Waals surface area (Å²) >= 11 is 5.87. The van der Waals surface area contributed by atoms with Crippen molar-refractivity contribution in [1.29, 1.82) is 0 Å². The van der Waals surface area contributed by atoms with Crippen molar-refractivity contribution >= 4 is 11.6 Å². The molecule has 102 valence electrons. The number of halogens is 1. The molecule has 2 aromatic rings. The summed E-state index contributed by atoms with van der Waals surface area (Å²) in [5.41, 5.74) is 2.57. The van der Waals surface area contributed by atoms with Crippen molar-refractivity contribution in [3.8, 4) is 0 Å². The van der Waals surface area contributed by atoms with Gasteiger partial charge in [0, 0.05) is 17.8 Å². The fraction of sp³-hybridized carbons (Fsp3) is 0.438. The van der Waals surface area contributed by atoms with Crippen LogP contribution in [0.4, 0.5) is 0 Å². The Hall–Kier alpha value is -1.28. The summed E-state index contributed by atoms with van der Waals surface area (Å²) in [4.78, 5) is 0. The van der Waals surface area contributed by atoms with Gasteiger partial charge in [0.1, 0.15) is 0 Å². The van der Waals surface area contributed by atoms with Crippen LogP contribution in [0.5, 0.6) is 0 Å². The lowest BCUT2D eigenvalue weighted by Crippen LogP contribution is -1.98. The molecule has 0 N–H and O–H groups in total. The molecule has 2 rings (SSSR count). The molecular formula is C16H21ClN2. The Morgan fingerprint density at radius 2 is 1.79 bits per heavy atom. The number of nitrogens with zero attached hydrogens (tertiary/aromatic N) is 2. The quantitative estimate of drug-likeness (QED) is 0.680. The molecule has 1 aromatic heterocycles. The zero-order valence-corrected chi connectivity index (χ0v) is 12.2. The van der Waals surface area contributed by atoms with Crippen LogP contribution in [0.15, 0.2) is 36.5 Å². The minimum atomic E-state index is 0.810. The molecule has 0 saturated carbocycles. The molecule has 0 saturated heterocycles. The van der Waals surface area contributed by atoms with Gasteiger partial charge in [-0.1, -0.05) is 30.7 Å². The minimum absolute atomic E-state index is 0.810. The van der Waals surface area contributed by atoms with Gasteiger partial charge in [-0.25, -0.2) is 0 Å². The molecule has 0 bridgehead atoms. The minimum Gasteiger partial charge on any atom is -0.273 e. The Balaban J connectivity index is 1.69. The van der Waals surface area contributed by atoms with E-state index < -0.39 is 0 Å². The SMILES string of the molecule is CCCn1ccc(CCCCc2ccc(Cl)cc2)n1. The second-order valence-corrected chi connectivity index (χ2v) is 5.34. The molecule has 19 heavy (non-hydrogen) atoms. The third-order valence-electron chi connectivity index (χ3n) is 3.21. The normalized spacial score (nSPS) is 10.8. The van der Waals surface area contributed by atoms with Crippen LogP contribution in [0.3, 0.4) is 0 Å². The van der Waals surface area contributed by atoms with Crippen LogP contribution < -0.4 is 0 Å². The lowest BCUT2D eigenvalue weighted by atomic mass is 10.1.